The van der Waals surface area contributed by atoms with Crippen molar-refractivity contribution >= 4 is 46.4 Å². The van der Waals surface area contributed by atoms with E-state index in [1.165, 1.54) is 9.80 Å². The number of hydrogen-bond donors (Lipinski definition) is 1. The van der Waals surface area contributed by atoms with Gasteiger partial charge in [-0.2, -0.15) is 0 Å². The molecule has 2 heterocycles. The molecule has 10 heteroatoms. The van der Waals surface area contributed by atoms with Crippen LogP contribution in [0.1, 0.15) is 5.56 Å². The molecular formula is C16H18ClN5O3S. The molecule has 2 aliphatic rings. The van der Waals surface area contributed by atoms with E-state index in [9.17, 15) is 14.4 Å². The number of primary amides is 1. The second-order valence-electron chi connectivity index (χ2n) is 6.08. The summed E-state index contributed by atoms with van der Waals surface area (Å²) in [7, 11) is 3.33. The fourth-order valence-electron chi connectivity index (χ4n) is 2.94. The minimum Gasteiger partial charge on any atom is -0.369 e. The number of nitrogens with zero attached hydrogens (tertiary/aromatic N) is 4. The van der Waals surface area contributed by atoms with E-state index in [2.05, 4.69) is 4.99 Å². The van der Waals surface area contributed by atoms with Crippen molar-refractivity contribution in [2.45, 2.75) is 18.8 Å². The topological polar surface area (TPSA) is 99.3 Å². The number of thioether (sulfide) groups is 1. The van der Waals surface area contributed by atoms with E-state index in [1.807, 2.05) is 0 Å². The Kier molecular flexibility index (Phi) is 5.10. The lowest BCUT2D eigenvalue weighted by molar-refractivity contribution is -0.137. The van der Waals surface area contributed by atoms with Crippen LogP contribution in [0.4, 0.5) is 4.79 Å². The molecule has 0 aliphatic carbocycles. The summed E-state index contributed by atoms with van der Waals surface area (Å²) in [6.07, 6.45) is -0.614. The van der Waals surface area contributed by atoms with Crippen LogP contribution in [0.3, 0.4) is 0 Å². The van der Waals surface area contributed by atoms with Crippen LogP contribution in [0, 0.1) is 0 Å². The predicted octanol–water partition coefficient (Wildman–Crippen LogP) is 0.949. The molecule has 0 radical (unpaired) electrons. The first-order valence-electron chi connectivity index (χ1n) is 7.84. The van der Waals surface area contributed by atoms with E-state index in [4.69, 9.17) is 17.3 Å². The highest BCUT2D eigenvalue weighted by molar-refractivity contribution is 8.14. The normalized spacial score (nSPS) is 22.6. The van der Waals surface area contributed by atoms with E-state index in [0.29, 0.717) is 10.2 Å². The van der Waals surface area contributed by atoms with Crippen LogP contribution in [0.5, 0.6) is 0 Å². The average molecular weight is 396 g/mol. The summed E-state index contributed by atoms with van der Waals surface area (Å²) in [5.41, 5.74) is 5.97. The van der Waals surface area contributed by atoms with Crippen molar-refractivity contribution in [2.24, 2.45) is 10.7 Å². The van der Waals surface area contributed by atoms with Crippen LogP contribution < -0.4 is 5.73 Å². The molecule has 3 rings (SSSR count). The Morgan fingerprint density at radius 2 is 1.88 bits per heavy atom. The lowest BCUT2D eigenvalue weighted by atomic mass is 10.1. The second kappa shape index (κ2) is 7.16. The highest BCUT2D eigenvalue weighted by Crippen LogP contribution is 2.30. The summed E-state index contributed by atoms with van der Waals surface area (Å²) < 4.78 is 0. The van der Waals surface area contributed by atoms with Gasteiger partial charge < -0.3 is 15.5 Å². The number of carbonyl (C=O) groups excluding carboxylic acids is 3. The molecule has 2 unspecified atom stereocenters. The number of imide groups is 1. The highest BCUT2D eigenvalue weighted by atomic mass is 35.5. The van der Waals surface area contributed by atoms with Gasteiger partial charge in [0.25, 0.3) is 5.91 Å². The maximum absolute atomic E-state index is 13.0. The molecule has 4 amide bonds. The number of carbonyl (C=O) groups is 3. The van der Waals surface area contributed by atoms with E-state index < -0.39 is 24.1 Å². The average Bonchev–Trinajstić information content (AvgIpc) is 2.93. The molecule has 1 fully saturated rings. The zero-order valence-electron chi connectivity index (χ0n) is 14.3. The number of hydrogen-bond acceptors (Lipinski definition) is 6. The molecule has 2 aliphatic heterocycles. The largest absolute Gasteiger partial charge is 0.369 e. The third-order valence-corrected chi connectivity index (χ3v) is 5.62. The number of aliphatic imine (C=N–C) groups is 1. The molecule has 1 saturated heterocycles. The molecule has 2 N–H and O–H groups in total. The fourth-order valence-corrected chi connectivity index (χ4v) is 3.83. The van der Waals surface area contributed by atoms with E-state index in [1.54, 1.807) is 43.3 Å². The third kappa shape index (κ3) is 3.36. The van der Waals surface area contributed by atoms with Crippen molar-refractivity contribution in [2.75, 3.05) is 19.8 Å². The number of amidine groups is 1. The van der Waals surface area contributed by atoms with Gasteiger partial charge in [-0.25, -0.2) is 9.79 Å². The molecule has 138 valence electrons. The minimum absolute atomic E-state index is 0.0585. The Bertz CT molecular complexity index is 785. The van der Waals surface area contributed by atoms with Crippen molar-refractivity contribution in [1.29, 1.82) is 0 Å². The van der Waals surface area contributed by atoms with Crippen molar-refractivity contribution in [3.05, 3.63) is 34.9 Å². The van der Waals surface area contributed by atoms with Gasteiger partial charge in [0.1, 0.15) is 0 Å². The van der Waals surface area contributed by atoms with Crippen molar-refractivity contribution < 1.29 is 14.4 Å². The molecule has 1 aromatic rings. The molecule has 0 bridgehead atoms. The van der Waals surface area contributed by atoms with Gasteiger partial charge in [-0.05, 0) is 17.7 Å². The Balaban J connectivity index is 1.81. The molecular weight excluding hydrogens is 378 g/mol. The summed E-state index contributed by atoms with van der Waals surface area (Å²) in [6, 6.07) is 5.94. The van der Waals surface area contributed by atoms with Crippen LogP contribution >= 0.6 is 23.4 Å². The summed E-state index contributed by atoms with van der Waals surface area (Å²) >= 11 is 7.04. The fraction of sp³-hybridized carbons (Fsp3) is 0.375. The Morgan fingerprint density at radius 3 is 2.50 bits per heavy atom. The summed E-state index contributed by atoms with van der Waals surface area (Å²) in [5.74, 6) is -0.738. The minimum atomic E-state index is -0.625. The van der Waals surface area contributed by atoms with Crippen LogP contribution in [0.25, 0.3) is 0 Å². The summed E-state index contributed by atoms with van der Waals surface area (Å²) in [6.45, 7) is 0.153. The SMILES string of the molecule is CN1C(=O)N(Cc2ccc(Cl)cc2)C(=O)C2C1N=C(SCC(N)=O)N2C. The molecule has 26 heavy (non-hydrogen) atoms. The predicted molar refractivity (Wildman–Crippen MR) is 99.6 cm³/mol. The highest BCUT2D eigenvalue weighted by Gasteiger charge is 2.50. The number of likely N-dealkylation sites (N-methyl/N-ethyl adjacent to an activating group) is 2. The smallest absolute Gasteiger partial charge is 0.328 e. The number of fused-ring (bicyclic) bond motifs is 1. The van der Waals surface area contributed by atoms with Crippen LogP contribution in [0.15, 0.2) is 29.3 Å². The van der Waals surface area contributed by atoms with Crippen molar-refractivity contribution in [3.63, 3.8) is 0 Å². The Morgan fingerprint density at radius 1 is 1.23 bits per heavy atom. The maximum Gasteiger partial charge on any atom is 0.328 e. The molecule has 8 nitrogen and oxygen atoms in total. The first-order chi connectivity index (χ1) is 12.3. The maximum atomic E-state index is 13.0. The van der Waals surface area contributed by atoms with E-state index in [-0.39, 0.29) is 18.2 Å². The lowest BCUT2D eigenvalue weighted by Gasteiger charge is -2.40. The quantitative estimate of drug-likeness (QED) is 0.818. The monoisotopic (exact) mass is 395 g/mol. The Labute approximate surface area is 159 Å². The zero-order chi connectivity index (χ0) is 19.0. The van der Waals surface area contributed by atoms with E-state index >= 15 is 0 Å². The first-order valence-corrected chi connectivity index (χ1v) is 9.20. The molecule has 0 aromatic heterocycles. The molecule has 0 saturated carbocycles. The number of nitrogens with two attached hydrogens (primary N) is 1. The molecule has 2 atom stereocenters. The van der Waals surface area contributed by atoms with Crippen LogP contribution in [-0.2, 0) is 16.1 Å². The van der Waals surface area contributed by atoms with Gasteiger partial charge in [0.2, 0.25) is 5.91 Å². The standard InChI is InChI=1S/C16H18ClN5O3S/c1-20-12-13(19-15(20)26-8-11(18)23)21(2)16(25)22(14(12)24)7-9-3-5-10(17)6-4-9/h3-6,12-13H,7-8H2,1-2H3,(H2,18,23). The van der Waals surface area contributed by atoms with Gasteiger partial charge in [0.05, 0.1) is 12.3 Å². The van der Waals surface area contributed by atoms with Gasteiger partial charge in [-0.1, -0.05) is 35.5 Å². The number of rotatable bonds is 4. The van der Waals surface area contributed by atoms with Gasteiger partial charge in [-0.15, -0.1) is 0 Å². The zero-order valence-corrected chi connectivity index (χ0v) is 15.8. The molecule has 1 aromatic carbocycles. The summed E-state index contributed by atoms with van der Waals surface area (Å²) in [5, 5.41) is 1.10. The van der Waals surface area contributed by atoms with Gasteiger partial charge in [0.15, 0.2) is 17.4 Å². The van der Waals surface area contributed by atoms with Gasteiger partial charge in [0, 0.05) is 19.1 Å². The lowest BCUT2D eigenvalue weighted by Crippen LogP contribution is -2.64. The van der Waals surface area contributed by atoms with Crippen LogP contribution in [0.2, 0.25) is 5.02 Å². The number of halogens is 1. The van der Waals surface area contributed by atoms with E-state index in [0.717, 1.165) is 17.3 Å². The Hall–Kier alpha value is -2.26. The number of benzene rings is 1. The van der Waals surface area contributed by atoms with Gasteiger partial charge >= 0.3 is 6.03 Å². The van der Waals surface area contributed by atoms with Crippen molar-refractivity contribution in [3.8, 4) is 0 Å². The third-order valence-electron chi connectivity index (χ3n) is 4.29. The number of amides is 4. The molecule has 0 spiro atoms. The van der Waals surface area contributed by atoms with Crippen molar-refractivity contribution in [1.82, 2.24) is 14.7 Å². The van der Waals surface area contributed by atoms with Gasteiger partial charge in [-0.3, -0.25) is 14.5 Å². The number of urea groups is 1. The van der Waals surface area contributed by atoms with Crippen LogP contribution in [-0.4, -0.2) is 69.8 Å². The second-order valence-corrected chi connectivity index (χ2v) is 7.46. The summed E-state index contributed by atoms with van der Waals surface area (Å²) in [4.78, 5) is 45.4. The first kappa shape index (κ1) is 18.5.